The van der Waals surface area contributed by atoms with Gasteiger partial charge in [-0.1, -0.05) is 23.2 Å². The van der Waals surface area contributed by atoms with Gasteiger partial charge in [0.1, 0.15) is 0 Å². The van der Waals surface area contributed by atoms with E-state index in [1.807, 2.05) is 0 Å². The summed E-state index contributed by atoms with van der Waals surface area (Å²) >= 11 is 11.8. The highest BCUT2D eigenvalue weighted by Crippen LogP contribution is 2.31. The normalized spacial score (nSPS) is 21.3. The van der Waals surface area contributed by atoms with E-state index in [9.17, 15) is 9.90 Å². The maximum absolute atomic E-state index is 11.7. The van der Waals surface area contributed by atoms with Crippen LogP contribution in [-0.4, -0.2) is 23.7 Å². The number of carbonyl (C=O) groups excluding carboxylic acids is 1. The van der Waals surface area contributed by atoms with Crippen molar-refractivity contribution in [2.24, 2.45) is 0 Å². The number of rotatable bonds is 1. The maximum Gasteiger partial charge on any atom is 0.227 e. The fourth-order valence-corrected chi connectivity index (χ4v) is 2.27. The molecular weight excluding hydrogens is 249 g/mol. The van der Waals surface area contributed by atoms with Gasteiger partial charge in [-0.25, -0.2) is 0 Å². The number of β-amino-alcohol motifs (C(OH)–C–C–N with tert-alkyl or cyclic N) is 1. The minimum Gasteiger partial charge on any atom is -0.391 e. The summed E-state index contributed by atoms with van der Waals surface area (Å²) in [6.45, 7) is 0.292. The summed E-state index contributed by atoms with van der Waals surface area (Å²) in [5.41, 5.74) is 0.606. The molecule has 1 aliphatic heterocycles. The average Bonchev–Trinajstić information content (AvgIpc) is 2.22. The van der Waals surface area contributed by atoms with Crippen LogP contribution in [0, 0.1) is 0 Å². The van der Waals surface area contributed by atoms with E-state index in [1.165, 1.54) is 4.90 Å². The molecule has 1 aliphatic rings. The fourth-order valence-electron chi connectivity index (χ4n) is 1.76. The molecule has 5 heteroatoms. The molecule has 1 fully saturated rings. The van der Waals surface area contributed by atoms with Crippen molar-refractivity contribution in [1.82, 2.24) is 0 Å². The minimum atomic E-state index is -0.482. The van der Waals surface area contributed by atoms with Crippen molar-refractivity contribution >= 4 is 34.8 Å². The first kappa shape index (κ1) is 11.7. The number of benzene rings is 1. The lowest BCUT2D eigenvalue weighted by Gasteiger charge is -2.30. The second-order valence-electron chi connectivity index (χ2n) is 3.79. The van der Waals surface area contributed by atoms with Gasteiger partial charge in [-0.05, 0) is 24.6 Å². The molecule has 1 heterocycles. The fraction of sp³-hybridized carbons (Fsp3) is 0.364. The van der Waals surface area contributed by atoms with Crippen molar-refractivity contribution in [3.8, 4) is 0 Å². The standard InChI is InChI=1S/C11H11Cl2NO2/c12-7-1-3-10(9(13)5-7)14-6-8(15)2-4-11(14)16/h1,3,5,8,15H,2,4,6H2. The van der Waals surface area contributed by atoms with Crippen LogP contribution in [0.2, 0.25) is 10.0 Å². The number of nitrogens with zero attached hydrogens (tertiary/aromatic N) is 1. The highest BCUT2D eigenvalue weighted by atomic mass is 35.5. The molecule has 0 spiro atoms. The zero-order chi connectivity index (χ0) is 11.7. The lowest BCUT2D eigenvalue weighted by Crippen LogP contribution is -2.42. The highest BCUT2D eigenvalue weighted by Gasteiger charge is 2.26. The predicted octanol–water partition coefficient (Wildman–Crippen LogP) is 2.48. The Morgan fingerprint density at radius 2 is 2.12 bits per heavy atom. The van der Waals surface area contributed by atoms with Gasteiger partial charge in [0.15, 0.2) is 0 Å². The molecular formula is C11H11Cl2NO2. The lowest BCUT2D eigenvalue weighted by molar-refractivity contribution is -0.121. The number of hydrogen-bond acceptors (Lipinski definition) is 2. The molecule has 1 aromatic rings. The van der Waals surface area contributed by atoms with Crippen molar-refractivity contribution in [2.75, 3.05) is 11.4 Å². The van der Waals surface area contributed by atoms with Crippen molar-refractivity contribution < 1.29 is 9.90 Å². The van der Waals surface area contributed by atoms with E-state index < -0.39 is 6.10 Å². The van der Waals surface area contributed by atoms with Crippen molar-refractivity contribution in [2.45, 2.75) is 18.9 Å². The molecule has 1 amide bonds. The molecule has 1 N–H and O–H groups in total. The molecule has 1 saturated heterocycles. The van der Waals surface area contributed by atoms with Gasteiger partial charge >= 0.3 is 0 Å². The van der Waals surface area contributed by atoms with Gasteiger partial charge in [0, 0.05) is 11.4 Å². The molecule has 0 aromatic heterocycles. The van der Waals surface area contributed by atoms with Gasteiger partial charge in [0.25, 0.3) is 0 Å². The molecule has 86 valence electrons. The van der Waals surface area contributed by atoms with Crippen LogP contribution in [0.1, 0.15) is 12.8 Å². The van der Waals surface area contributed by atoms with Crippen LogP contribution < -0.4 is 4.90 Å². The lowest BCUT2D eigenvalue weighted by atomic mass is 10.1. The topological polar surface area (TPSA) is 40.5 Å². The zero-order valence-corrected chi connectivity index (χ0v) is 10.0. The van der Waals surface area contributed by atoms with E-state index in [2.05, 4.69) is 0 Å². The molecule has 0 radical (unpaired) electrons. The molecule has 1 unspecified atom stereocenters. The molecule has 1 aromatic carbocycles. The number of aliphatic hydroxyl groups excluding tert-OH is 1. The summed E-state index contributed by atoms with van der Waals surface area (Å²) in [5.74, 6) is -0.0190. The van der Waals surface area contributed by atoms with Crippen LogP contribution in [-0.2, 0) is 4.79 Å². The first-order valence-corrected chi connectivity index (χ1v) is 5.77. The Labute approximate surface area is 104 Å². The van der Waals surface area contributed by atoms with E-state index in [4.69, 9.17) is 23.2 Å². The van der Waals surface area contributed by atoms with Crippen LogP contribution in [0.5, 0.6) is 0 Å². The Kier molecular flexibility index (Phi) is 3.38. The Morgan fingerprint density at radius 1 is 1.38 bits per heavy atom. The summed E-state index contributed by atoms with van der Waals surface area (Å²) in [5, 5.41) is 10.5. The molecule has 0 aliphatic carbocycles. The third-order valence-corrected chi connectivity index (χ3v) is 3.12. The maximum atomic E-state index is 11.7. The van der Waals surface area contributed by atoms with Crippen LogP contribution in [0.4, 0.5) is 5.69 Å². The third kappa shape index (κ3) is 2.32. The van der Waals surface area contributed by atoms with E-state index in [-0.39, 0.29) is 5.91 Å². The van der Waals surface area contributed by atoms with Gasteiger partial charge in [-0.15, -0.1) is 0 Å². The van der Waals surface area contributed by atoms with Gasteiger partial charge in [-0.3, -0.25) is 4.79 Å². The Hall–Kier alpha value is -0.770. The van der Waals surface area contributed by atoms with Gasteiger partial charge in [-0.2, -0.15) is 0 Å². The average molecular weight is 260 g/mol. The number of piperidine rings is 1. The smallest absolute Gasteiger partial charge is 0.227 e. The van der Waals surface area contributed by atoms with Crippen molar-refractivity contribution in [3.63, 3.8) is 0 Å². The SMILES string of the molecule is O=C1CCC(O)CN1c1ccc(Cl)cc1Cl. The van der Waals surface area contributed by atoms with Crippen LogP contribution in [0.25, 0.3) is 0 Å². The van der Waals surface area contributed by atoms with Crippen LogP contribution in [0.3, 0.4) is 0 Å². The molecule has 0 bridgehead atoms. The molecule has 1 atom stereocenters. The number of carbonyl (C=O) groups is 1. The summed E-state index contributed by atoms with van der Waals surface area (Å²) in [4.78, 5) is 13.2. The first-order valence-electron chi connectivity index (χ1n) is 5.01. The van der Waals surface area contributed by atoms with Crippen molar-refractivity contribution in [3.05, 3.63) is 28.2 Å². The molecule has 3 nitrogen and oxygen atoms in total. The first-order chi connectivity index (χ1) is 7.58. The Bertz CT molecular complexity index is 422. The van der Waals surface area contributed by atoms with E-state index >= 15 is 0 Å². The van der Waals surface area contributed by atoms with Gasteiger partial charge in [0.2, 0.25) is 5.91 Å². The zero-order valence-electron chi connectivity index (χ0n) is 8.49. The van der Waals surface area contributed by atoms with Crippen LogP contribution >= 0.6 is 23.2 Å². The highest BCUT2D eigenvalue weighted by molar-refractivity contribution is 6.36. The second-order valence-corrected chi connectivity index (χ2v) is 4.64. The van der Waals surface area contributed by atoms with Crippen molar-refractivity contribution in [1.29, 1.82) is 0 Å². The predicted molar refractivity (Wildman–Crippen MR) is 64.1 cm³/mol. The van der Waals surface area contributed by atoms with E-state index in [0.717, 1.165) is 0 Å². The summed E-state index contributed by atoms with van der Waals surface area (Å²) in [6, 6.07) is 4.96. The molecule has 2 rings (SSSR count). The van der Waals surface area contributed by atoms with Crippen LogP contribution in [0.15, 0.2) is 18.2 Å². The largest absolute Gasteiger partial charge is 0.391 e. The number of anilines is 1. The van der Waals surface area contributed by atoms with E-state index in [0.29, 0.717) is 35.1 Å². The number of aliphatic hydroxyl groups is 1. The minimum absolute atomic E-state index is 0.0190. The third-order valence-electron chi connectivity index (χ3n) is 2.59. The summed E-state index contributed by atoms with van der Waals surface area (Å²) < 4.78 is 0. The molecule has 0 saturated carbocycles. The molecule has 16 heavy (non-hydrogen) atoms. The van der Waals surface area contributed by atoms with Gasteiger partial charge in [0.05, 0.1) is 23.4 Å². The second kappa shape index (κ2) is 4.62. The number of amides is 1. The van der Waals surface area contributed by atoms with Gasteiger partial charge < -0.3 is 10.0 Å². The summed E-state index contributed by atoms with van der Waals surface area (Å²) in [6.07, 6.45) is 0.380. The quantitative estimate of drug-likeness (QED) is 0.842. The number of halogens is 2. The summed E-state index contributed by atoms with van der Waals surface area (Å²) in [7, 11) is 0. The monoisotopic (exact) mass is 259 g/mol. The Balaban J connectivity index is 2.31. The number of hydrogen-bond donors (Lipinski definition) is 1. The van der Waals surface area contributed by atoms with E-state index in [1.54, 1.807) is 18.2 Å². The Morgan fingerprint density at radius 3 is 2.81 bits per heavy atom.